The lowest BCUT2D eigenvalue weighted by molar-refractivity contribution is -0.130. The topological polar surface area (TPSA) is 168 Å². The zero-order valence-corrected chi connectivity index (χ0v) is 24.4. The molecule has 3 rings (SSSR count). The molecule has 3 unspecified atom stereocenters. The summed E-state index contributed by atoms with van der Waals surface area (Å²) in [5.74, 6) is -5.26. The van der Waals surface area contributed by atoms with E-state index >= 15 is 0 Å². The van der Waals surface area contributed by atoms with E-state index in [9.17, 15) is 33.0 Å². The van der Waals surface area contributed by atoms with Crippen LogP contribution in [0.2, 0.25) is 0 Å². The highest BCUT2D eigenvalue weighted by atomic mass is 31.2. The van der Waals surface area contributed by atoms with Crippen LogP contribution in [0.4, 0.5) is 4.39 Å². The van der Waals surface area contributed by atoms with Gasteiger partial charge in [-0.2, -0.15) is 0 Å². The molecule has 3 aromatic carbocycles. The molecule has 4 amide bonds. The van der Waals surface area contributed by atoms with Crippen molar-refractivity contribution in [2.45, 2.75) is 37.6 Å². The highest BCUT2D eigenvalue weighted by molar-refractivity contribution is 7.59. The molecule has 12 heteroatoms. The maximum Gasteiger partial charge on any atom is 0.252 e. The average molecular weight is 609 g/mol. The molecule has 0 heterocycles. The van der Waals surface area contributed by atoms with Gasteiger partial charge >= 0.3 is 0 Å². The van der Waals surface area contributed by atoms with Crippen molar-refractivity contribution < 1.29 is 33.0 Å². The van der Waals surface area contributed by atoms with Crippen LogP contribution in [-0.4, -0.2) is 52.6 Å². The quantitative estimate of drug-likeness (QED) is 0.176. The number of rotatable bonds is 14. The van der Waals surface area contributed by atoms with Gasteiger partial charge in [0, 0.05) is 12.0 Å². The van der Waals surface area contributed by atoms with Crippen LogP contribution in [0.5, 0.6) is 0 Å². The fraction of sp³-hybridized carbons (Fsp3) is 0.226. The second-order valence-corrected chi connectivity index (χ2v) is 12.4. The molecule has 0 aliphatic heterocycles. The fourth-order valence-corrected chi connectivity index (χ4v) is 5.65. The summed E-state index contributed by atoms with van der Waals surface area (Å²) in [6.07, 6.45) is 2.56. The van der Waals surface area contributed by atoms with Crippen LogP contribution >= 0.6 is 7.37 Å². The Morgan fingerprint density at radius 2 is 1.58 bits per heavy atom. The first-order valence-electron chi connectivity index (χ1n) is 13.5. The van der Waals surface area contributed by atoms with Crippen LogP contribution in [-0.2, 0) is 25.4 Å². The third-order valence-corrected chi connectivity index (χ3v) is 8.45. The molecule has 43 heavy (non-hydrogen) atoms. The van der Waals surface area contributed by atoms with Gasteiger partial charge in [0.1, 0.15) is 29.8 Å². The maximum absolute atomic E-state index is 13.7. The minimum atomic E-state index is -4.44. The van der Waals surface area contributed by atoms with E-state index in [0.29, 0.717) is 5.56 Å². The number of hydrogen-bond acceptors (Lipinski definition) is 5. The van der Waals surface area contributed by atoms with E-state index in [0.717, 1.165) is 17.7 Å². The first-order valence-corrected chi connectivity index (χ1v) is 15.4. The standard InChI is InChI=1S/C31H34FN4O6P/c1-21(30(39)35-26(29(33)38)17-8-14-22-10-4-2-5-11-22)34-27(37)20-43(41,42)28(18-23-12-6-3-7-13-23)36-31(40)24-15-9-16-25(32)19-24/h2-16,19,21,26,28H,17-18,20H2,1H3,(H2,33,38)(H,34,37)(H,35,39)(H,36,40)(H,41,42)/t21?,26-,28?/m0/s1. The van der Waals surface area contributed by atoms with Gasteiger partial charge in [-0.15, -0.1) is 0 Å². The lowest BCUT2D eigenvalue weighted by atomic mass is 10.1. The Morgan fingerprint density at radius 1 is 0.930 bits per heavy atom. The second-order valence-electron chi connectivity index (χ2n) is 9.90. The van der Waals surface area contributed by atoms with Crippen LogP contribution in [0.25, 0.3) is 6.08 Å². The SMILES string of the molecule is CC(NC(=O)CP(=O)(O)C(Cc1ccccc1)NC(=O)c1cccc(F)c1)C(=O)N[C@@H](CC=Cc1ccccc1)C(N)=O. The molecule has 0 bridgehead atoms. The zero-order chi connectivity index (χ0) is 31.4. The van der Waals surface area contributed by atoms with Crippen LogP contribution < -0.4 is 21.7 Å². The van der Waals surface area contributed by atoms with Gasteiger partial charge in [-0.05, 0) is 42.7 Å². The Kier molecular flexibility index (Phi) is 11.9. The summed E-state index contributed by atoms with van der Waals surface area (Å²) in [5.41, 5.74) is 6.89. The van der Waals surface area contributed by atoms with Gasteiger partial charge in [0.2, 0.25) is 25.1 Å². The Hall–Kier alpha value is -4.60. The van der Waals surface area contributed by atoms with E-state index in [2.05, 4.69) is 16.0 Å². The maximum atomic E-state index is 13.7. The largest absolute Gasteiger partial charge is 0.368 e. The summed E-state index contributed by atoms with van der Waals surface area (Å²) in [7, 11) is -4.44. The van der Waals surface area contributed by atoms with Crippen molar-refractivity contribution in [2.75, 3.05) is 6.16 Å². The molecule has 0 saturated carbocycles. The van der Waals surface area contributed by atoms with E-state index in [1.807, 2.05) is 30.3 Å². The molecule has 4 atom stereocenters. The van der Waals surface area contributed by atoms with Crippen LogP contribution in [0.1, 0.15) is 34.8 Å². The van der Waals surface area contributed by atoms with Gasteiger partial charge in [0.05, 0.1) is 0 Å². The zero-order valence-electron chi connectivity index (χ0n) is 23.5. The van der Waals surface area contributed by atoms with Crippen molar-refractivity contribution in [3.8, 4) is 0 Å². The smallest absolute Gasteiger partial charge is 0.252 e. The Balaban J connectivity index is 1.64. The predicted molar refractivity (Wildman–Crippen MR) is 161 cm³/mol. The van der Waals surface area contributed by atoms with Gasteiger partial charge in [-0.25, -0.2) is 4.39 Å². The van der Waals surface area contributed by atoms with Gasteiger partial charge in [-0.3, -0.25) is 23.7 Å². The summed E-state index contributed by atoms with van der Waals surface area (Å²) in [6.45, 7) is 1.35. The number of nitrogens with two attached hydrogens (primary N) is 1. The van der Waals surface area contributed by atoms with Crippen LogP contribution in [0.3, 0.4) is 0 Å². The molecule has 3 aromatic rings. The highest BCUT2D eigenvalue weighted by Crippen LogP contribution is 2.46. The minimum Gasteiger partial charge on any atom is -0.368 e. The van der Waals surface area contributed by atoms with E-state index in [1.54, 1.807) is 42.5 Å². The van der Waals surface area contributed by atoms with E-state index < -0.39 is 60.8 Å². The molecule has 226 valence electrons. The van der Waals surface area contributed by atoms with Crippen molar-refractivity contribution in [1.29, 1.82) is 0 Å². The highest BCUT2D eigenvalue weighted by Gasteiger charge is 2.36. The number of carbonyl (C=O) groups is 4. The predicted octanol–water partition coefficient (Wildman–Crippen LogP) is 2.97. The molecule has 0 aliphatic carbocycles. The number of primary amides is 1. The number of hydrogen-bond donors (Lipinski definition) is 5. The number of benzene rings is 3. The van der Waals surface area contributed by atoms with Crippen molar-refractivity contribution >= 4 is 37.1 Å². The van der Waals surface area contributed by atoms with E-state index in [-0.39, 0.29) is 18.4 Å². The number of carbonyl (C=O) groups excluding carboxylic acids is 4. The number of halogens is 1. The average Bonchev–Trinajstić information content (AvgIpc) is 2.96. The molecule has 0 spiro atoms. The van der Waals surface area contributed by atoms with Gasteiger partial charge in [0.25, 0.3) is 5.91 Å². The van der Waals surface area contributed by atoms with Crippen molar-refractivity contribution in [1.82, 2.24) is 16.0 Å². The fourth-order valence-electron chi connectivity index (χ4n) is 4.11. The third kappa shape index (κ3) is 10.6. The summed E-state index contributed by atoms with van der Waals surface area (Å²) in [6, 6.07) is 20.5. The molecular weight excluding hydrogens is 574 g/mol. The van der Waals surface area contributed by atoms with Gasteiger partial charge < -0.3 is 26.6 Å². The van der Waals surface area contributed by atoms with Crippen LogP contribution in [0, 0.1) is 5.82 Å². The van der Waals surface area contributed by atoms with Gasteiger partial charge in [0.15, 0.2) is 0 Å². The first-order chi connectivity index (χ1) is 20.4. The summed E-state index contributed by atoms with van der Waals surface area (Å²) in [4.78, 5) is 61.2. The minimum absolute atomic E-state index is 0.0598. The monoisotopic (exact) mass is 608 g/mol. The summed E-state index contributed by atoms with van der Waals surface area (Å²) >= 11 is 0. The van der Waals surface area contributed by atoms with Crippen molar-refractivity contribution in [3.05, 3.63) is 114 Å². The van der Waals surface area contributed by atoms with Crippen molar-refractivity contribution in [2.24, 2.45) is 5.73 Å². The summed E-state index contributed by atoms with van der Waals surface area (Å²) < 4.78 is 27.1. The Bertz CT molecular complexity index is 1500. The lowest BCUT2D eigenvalue weighted by Crippen LogP contribution is -2.52. The molecular formula is C31H34FN4O6P. The third-order valence-electron chi connectivity index (χ3n) is 6.43. The normalized spacial score (nSPS) is 14.6. The van der Waals surface area contributed by atoms with E-state index in [1.165, 1.54) is 19.1 Å². The molecule has 0 radical (unpaired) electrons. The van der Waals surface area contributed by atoms with Crippen LogP contribution in [0.15, 0.2) is 91.0 Å². The summed E-state index contributed by atoms with van der Waals surface area (Å²) in [5, 5.41) is 7.30. The molecule has 0 aliphatic rings. The second kappa shape index (κ2) is 15.6. The first kappa shape index (κ1) is 32.9. The molecule has 0 aromatic heterocycles. The molecule has 0 saturated heterocycles. The molecule has 10 nitrogen and oxygen atoms in total. The number of nitrogens with one attached hydrogen (secondary N) is 3. The lowest BCUT2D eigenvalue weighted by Gasteiger charge is -2.25. The molecule has 0 fully saturated rings. The van der Waals surface area contributed by atoms with Gasteiger partial charge in [-0.1, -0.05) is 78.9 Å². The van der Waals surface area contributed by atoms with Crippen molar-refractivity contribution in [3.63, 3.8) is 0 Å². The van der Waals surface area contributed by atoms with E-state index in [4.69, 9.17) is 5.73 Å². The number of amides is 4. The Morgan fingerprint density at radius 3 is 2.21 bits per heavy atom. The Labute approximate surface area is 249 Å². The molecule has 6 N–H and O–H groups in total.